The molecule has 2 aliphatic carbocycles. The predicted molar refractivity (Wildman–Crippen MR) is 69.9 cm³/mol. The highest BCUT2D eigenvalue weighted by molar-refractivity contribution is 5.20. The minimum absolute atomic E-state index is 0.124. The molecule has 18 heavy (non-hydrogen) atoms. The van der Waals surface area contributed by atoms with Crippen molar-refractivity contribution < 1.29 is 4.39 Å². The van der Waals surface area contributed by atoms with Crippen LogP contribution in [0.1, 0.15) is 50.0 Å². The van der Waals surface area contributed by atoms with E-state index in [1.807, 2.05) is 6.07 Å². The molecule has 0 saturated heterocycles. The second kappa shape index (κ2) is 5.35. The Bertz CT molecular complexity index is 403. The van der Waals surface area contributed by atoms with Gasteiger partial charge >= 0.3 is 0 Å². The van der Waals surface area contributed by atoms with E-state index in [0.29, 0.717) is 11.8 Å². The number of hydrogen-bond donors (Lipinski definition) is 1. The van der Waals surface area contributed by atoms with Gasteiger partial charge in [0.15, 0.2) is 0 Å². The summed E-state index contributed by atoms with van der Waals surface area (Å²) in [7, 11) is 0. The molecule has 1 heterocycles. The van der Waals surface area contributed by atoms with E-state index < -0.39 is 0 Å². The molecule has 0 spiro atoms. The van der Waals surface area contributed by atoms with Gasteiger partial charge in [0.25, 0.3) is 0 Å². The molecule has 0 aromatic carbocycles. The maximum absolute atomic E-state index is 13.9. The molecule has 1 aromatic heterocycles. The van der Waals surface area contributed by atoms with Crippen molar-refractivity contribution in [2.45, 2.75) is 50.5 Å². The van der Waals surface area contributed by atoms with Crippen LogP contribution in [0.4, 0.5) is 4.39 Å². The van der Waals surface area contributed by atoms with Gasteiger partial charge in [-0.1, -0.05) is 12.8 Å². The molecule has 2 fully saturated rings. The Kier molecular flexibility index (Phi) is 3.59. The lowest BCUT2D eigenvalue weighted by Crippen LogP contribution is -2.31. The van der Waals surface area contributed by atoms with Crippen LogP contribution in [-0.2, 0) is 0 Å². The molecule has 1 aromatic rings. The predicted octanol–water partition coefficient (Wildman–Crippen LogP) is 3.25. The van der Waals surface area contributed by atoms with Crippen LogP contribution in [0, 0.1) is 11.7 Å². The zero-order valence-electron chi connectivity index (χ0n) is 10.7. The van der Waals surface area contributed by atoms with Gasteiger partial charge in [0.2, 0.25) is 0 Å². The molecule has 2 atom stereocenters. The molecule has 98 valence electrons. The Morgan fingerprint density at radius 3 is 2.83 bits per heavy atom. The molecule has 2 nitrogen and oxygen atoms in total. The number of rotatable bonds is 4. The quantitative estimate of drug-likeness (QED) is 0.884. The summed E-state index contributed by atoms with van der Waals surface area (Å²) in [5.74, 6) is 0.852. The average molecular weight is 248 g/mol. The molecule has 3 heteroatoms. The van der Waals surface area contributed by atoms with Crippen LogP contribution < -0.4 is 5.32 Å². The third kappa shape index (κ3) is 2.72. The minimum Gasteiger partial charge on any atom is -0.314 e. The first-order valence-electron chi connectivity index (χ1n) is 7.17. The number of nitrogens with one attached hydrogen (secondary N) is 1. The number of hydrogen-bond acceptors (Lipinski definition) is 2. The smallest absolute Gasteiger partial charge is 0.144 e. The molecular formula is C15H21FN2. The van der Waals surface area contributed by atoms with E-state index in [4.69, 9.17) is 0 Å². The van der Waals surface area contributed by atoms with E-state index in [-0.39, 0.29) is 5.82 Å². The van der Waals surface area contributed by atoms with Gasteiger partial charge in [-0.2, -0.15) is 0 Å². The van der Waals surface area contributed by atoms with E-state index in [1.165, 1.54) is 38.3 Å². The van der Waals surface area contributed by atoms with E-state index in [0.717, 1.165) is 24.6 Å². The fourth-order valence-electron chi connectivity index (χ4n) is 3.15. The number of pyridine rings is 1. The van der Waals surface area contributed by atoms with Gasteiger partial charge in [0.05, 0.1) is 6.20 Å². The fourth-order valence-corrected chi connectivity index (χ4v) is 3.15. The summed E-state index contributed by atoms with van der Waals surface area (Å²) >= 11 is 0. The summed E-state index contributed by atoms with van der Waals surface area (Å²) in [6, 6.07) is 2.62. The van der Waals surface area contributed by atoms with Crippen molar-refractivity contribution in [2.24, 2.45) is 5.92 Å². The molecule has 2 unspecified atom stereocenters. The zero-order valence-corrected chi connectivity index (χ0v) is 10.7. The molecule has 0 aliphatic heterocycles. The standard InChI is InChI=1S/C15H21FN2/c16-15-10-17-8-7-14(15)13-4-2-1-3-11(13)9-18-12-5-6-12/h7-8,10-13,18H,1-6,9H2. The number of nitrogens with zero attached hydrogens (tertiary/aromatic N) is 1. The SMILES string of the molecule is Fc1cnccc1C1CCCCC1CNC1CC1. The first-order valence-corrected chi connectivity index (χ1v) is 7.17. The van der Waals surface area contributed by atoms with Crippen LogP contribution in [0.5, 0.6) is 0 Å². The van der Waals surface area contributed by atoms with Crippen molar-refractivity contribution in [3.05, 3.63) is 29.8 Å². The molecule has 0 radical (unpaired) electrons. The van der Waals surface area contributed by atoms with Gasteiger partial charge < -0.3 is 5.32 Å². The van der Waals surface area contributed by atoms with Crippen molar-refractivity contribution in [3.63, 3.8) is 0 Å². The number of halogens is 1. The van der Waals surface area contributed by atoms with Gasteiger partial charge in [-0.15, -0.1) is 0 Å². The monoisotopic (exact) mass is 248 g/mol. The maximum Gasteiger partial charge on any atom is 0.144 e. The third-order valence-corrected chi connectivity index (χ3v) is 4.36. The van der Waals surface area contributed by atoms with Crippen molar-refractivity contribution in [1.82, 2.24) is 10.3 Å². The molecule has 2 aliphatic rings. The van der Waals surface area contributed by atoms with Crippen molar-refractivity contribution >= 4 is 0 Å². The molecule has 0 amide bonds. The number of aromatic nitrogens is 1. The fraction of sp³-hybridized carbons (Fsp3) is 0.667. The van der Waals surface area contributed by atoms with E-state index >= 15 is 0 Å². The summed E-state index contributed by atoms with van der Waals surface area (Å²) in [5, 5.41) is 3.61. The summed E-state index contributed by atoms with van der Waals surface area (Å²) < 4.78 is 13.9. The van der Waals surface area contributed by atoms with Gasteiger partial charge in [0, 0.05) is 12.2 Å². The van der Waals surface area contributed by atoms with Crippen LogP contribution in [0.15, 0.2) is 18.5 Å². The van der Waals surface area contributed by atoms with E-state index in [9.17, 15) is 4.39 Å². The van der Waals surface area contributed by atoms with Crippen LogP contribution in [-0.4, -0.2) is 17.6 Å². The van der Waals surface area contributed by atoms with Crippen LogP contribution in [0.25, 0.3) is 0 Å². The zero-order chi connectivity index (χ0) is 12.4. The Hall–Kier alpha value is -0.960. The maximum atomic E-state index is 13.9. The molecule has 2 saturated carbocycles. The lowest BCUT2D eigenvalue weighted by atomic mass is 9.75. The Balaban J connectivity index is 1.71. The summed E-state index contributed by atoms with van der Waals surface area (Å²) in [5.41, 5.74) is 0.882. The van der Waals surface area contributed by atoms with Gasteiger partial charge in [-0.3, -0.25) is 4.98 Å². The highest BCUT2D eigenvalue weighted by atomic mass is 19.1. The van der Waals surface area contributed by atoms with Crippen LogP contribution in [0.2, 0.25) is 0 Å². The molecule has 0 bridgehead atoms. The Morgan fingerprint density at radius 1 is 1.22 bits per heavy atom. The summed E-state index contributed by atoms with van der Waals surface area (Å²) in [6.45, 7) is 1.05. The Labute approximate surface area is 108 Å². The van der Waals surface area contributed by atoms with Gasteiger partial charge in [-0.25, -0.2) is 4.39 Å². The summed E-state index contributed by atoms with van der Waals surface area (Å²) in [4.78, 5) is 3.86. The molecule has 1 N–H and O–H groups in total. The van der Waals surface area contributed by atoms with E-state index in [1.54, 1.807) is 6.20 Å². The van der Waals surface area contributed by atoms with Gasteiger partial charge in [0.1, 0.15) is 5.82 Å². The molecular weight excluding hydrogens is 227 g/mol. The lowest BCUT2D eigenvalue weighted by Gasteiger charge is -2.32. The lowest BCUT2D eigenvalue weighted by molar-refractivity contribution is 0.289. The Morgan fingerprint density at radius 2 is 2.06 bits per heavy atom. The topological polar surface area (TPSA) is 24.9 Å². The highest BCUT2D eigenvalue weighted by Crippen LogP contribution is 2.38. The van der Waals surface area contributed by atoms with Crippen molar-refractivity contribution in [1.29, 1.82) is 0 Å². The second-order valence-electron chi connectivity index (χ2n) is 5.73. The second-order valence-corrected chi connectivity index (χ2v) is 5.73. The first kappa shape index (κ1) is 12.1. The highest BCUT2D eigenvalue weighted by Gasteiger charge is 2.30. The average Bonchev–Trinajstić information content (AvgIpc) is 3.22. The van der Waals surface area contributed by atoms with Crippen molar-refractivity contribution in [2.75, 3.05) is 6.54 Å². The van der Waals surface area contributed by atoms with Crippen molar-refractivity contribution in [3.8, 4) is 0 Å². The molecule has 3 rings (SSSR count). The van der Waals surface area contributed by atoms with Crippen LogP contribution in [0.3, 0.4) is 0 Å². The third-order valence-electron chi connectivity index (χ3n) is 4.36. The van der Waals surface area contributed by atoms with E-state index in [2.05, 4.69) is 10.3 Å². The minimum atomic E-state index is -0.124. The first-order chi connectivity index (χ1) is 8.84. The van der Waals surface area contributed by atoms with Gasteiger partial charge in [-0.05, 0) is 55.7 Å². The van der Waals surface area contributed by atoms with Crippen LogP contribution >= 0.6 is 0 Å². The normalized spacial score (nSPS) is 28.3. The largest absolute Gasteiger partial charge is 0.314 e. The summed E-state index contributed by atoms with van der Waals surface area (Å²) in [6.07, 6.45) is 10.6.